The Morgan fingerprint density at radius 2 is 1.75 bits per heavy atom. The van der Waals surface area contributed by atoms with Crippen LogP contribution in [0.5, 0.6) is 0 Å². The predicted octanol–water partition coefficient (Wildman–Crippen LogP) is 3.24. The second-order valence-electron chi connectivity index (χ2n) is 3.37. The molecule has 0 aliphatic carbocycles. The van der Waals surface area contributed by atoms with E-state index in [0.717, 1.165) is 16.9 Å². The fourth-order valence-electron chi connectivity index (χ4n) is 1.71. The first-order valence-corrected chi connectivity index (χ1v) is 5.05. The van der Waals surface area contributed by atoms with Gasteiger partial charge in [-0.05, 0) is 12.1 Å². The van der Waals surface area contributed by atoms with Crippen LogP contribution in [0.25, 0.3) is 11.3 Å². The monoisotopic (exact) mass is 218 g/mol. The third kappa shape index (κ3) is 2.01. The van der Waals surface area contributed by atoms with Gasteiger partial charge in [-0.3, -0.25) is 0 Å². The SMILES string of the molecule is COC(OC)c1ccccc1-c1ccco1. The fourth-order valence-corrected chi connectivity index (χ4v) is 1.71. The van der Waals surface area contributed by atoms with Crippen molar-refractivity contribution in [2.75, 3.05) is 14.2 Å². The molecule has 0 aliphatic rings. The molecule has 16 heavy (non-hydrogen) atoms. The summed E-state index contributed by atoms with van der Waals surface area (Å²) < 4.78 is 15.9. The molecule has 1 heterocycles. The highest BCUT2D eigenvalue weighted by Crippen LogP contribution is 2.30. The molecular formula is C13H14O3. The molecule has 0 fully saturated rings. The quantitative estimate of drug-likeness (QED) is 0.738. The summed E-state index contributed by atoms with van der Waals surface area (Å²) in [7, 11) is 3.24. The van der Waals surface area contributed by atoms with Crippen LogP contribution in [-0.4, -0.2) is 14.2 Å². The van der Waals surface area contributed by atoms with Gasteiger partial charge in [-0.15, -0.1) is 0 Å². The first-order valence-electron chi connectivity index (χ1n) is 5.05. The molecule has 1 aromatic heterocycles. The van der Waals surface area contributed by atoms with Crippen LogP contribution in [0.2, 0.25) is 0 Å². The minimum atomic E-state index is -0.374. The fraction of sp³-hybridized carbons (Fsp3) is 0.231. The normalized spacial score (nSPS) is 10.9. The van der Waals surface area contributed by atoms with Gasteiger partial charge < -0.3 is 13.9 Å². The lowest BCUT2D eigenvalue weighted by Crippen LogP contribution is -2.05. The van der Waals surface area contributed by atoms with Crippen molar-refractivity contribution in [3.05, 3.63) is 48.2 Å². The van der Waals surface area contributed by atoms with E-state index in [1.165, 1.54) is 0 Å². The Hall–Kier alpha value is -1.58. The molecule has 0 bridgehead atoms. The van der Waals surface area contributed by atoms with Crippen LogP contribution in [0.3, 0.4) is 0 Å². The number of methoxy groups -OCH3 is 2. The van der Waals surface area contributed by atoms with E-state index < -0.39 is 0 Å². The molecule has 0 spiro atoms. The Morgan fingerprint density at radius 3 is 2.38 bits per heavy atom. The van der Waals surface area contributed by atoms with E-state index in [1.807, 2.05) is 36.4 Å². The Morgan fingerprint density at radius 1 is 1.00 bits per heavy atom. The van der Waals surface area contributed by atoms with Crippen LogP contribution >= 0.6 is 0 Å². The highest BCUT2D eigenvalue weighted by atomic mass is 16.7. The molecule has 0 amide bonds. The summed E-state index contributed by atoms with van der Waals surface area (Å²) in [6.45, 7) is 0. The van der Waals surface area contributed by atoms with E-state index in [2.05, 4.69) is 0 Å². The minimum Gasteiger partial charge on any atom is -0.464 e. The third-order valence-corrected chi connectivity index (χ3v) is 2.43. The van der Waals surface area contributed by atoms with Crippen molar-refractivity contribution in [2.45, 2.75) is 6.29 Å². The van der Waals surface area contributed by atoms with Gasteiger partial charge in [0.25, 0.3) is 0 Å². The van der Waals surface area contributed by atoms with Gasteiger partial charge in [0.2, 0.25) is 0 Å². The molecule has 3 heteroatoms. The molecule has 2 aromatic rings. The highest BCUT2D eigenvalue weighted by Gasteiger charge is 2.15. The van der Waals surface area contributed by atoms with E-state index in [9.17, 15) is 0 Å². The third-order valence-electron chi connectivity index (χ3n) is 2.43. The zero-order chi connectivity index (χ0) is 11.4. The number of rotatable bonds is 4. The van der Waals surface area contributed by atoms with Gasteiger partial charge in [-0.2, -0.15) is 0 Å². The van der Waals surface area contributed by atoms with E-state index >= 15 is 0 Å². The molecule has 0 unspecified atom stereocenters. The smallest absolute Gasteiger partial charge is 0.183 e. The predicted molar refractivity (Wildman–Crippen MR) is 60.9 cm³/mol. The first kappa shape index (κ1) is 10.9. The highest BCUT2D eigenvalue weighted by molar-refractivity contribution is 5.62. The summed E-state index contributed by atoms with van der Waals surface area (Å²) in [6.07, 6.45) is 1.28. The number of hydrogen-bond acceptors (Lipinski definition) is 3. The number of ether oxygens (including phenoxy) is 2. The van der Waals surface area contributed by atoms with Crippen LogP contribution in [0, 0.1) is 0 Å². The molecule has 0 N–H and O–H groups in total. The van der Waals surface area contributed by atoms with Crippen LogP contribution in [0.15, 0.2) is 47.1 Å². The molecule has 2 rings (SSSR count). The average Bonchev–Trinajstić information content (AvgIpc) is 2.85. The summed E-state index contributed by atoms with van der Waals surface area (Å²) in [4.78, 5) is 0. The number of hydrogen-bond donors (Lipinski definition) is 0. The maximum Gasteiger partial charge on any atom is 0.183 e. The van der Waals surface area contributed by atoms with Crippen LogP contribution in [0.1, 0.15) is 11.9 Å². The molecular weight excluding hydrogens is 204 g/mol. The van der Waals surface area contributed by atoms with Crippen molar-refractivity contribution < 1.29 is 13.9 Å². The maximum atomic E-state index is 5.39. The van der Waals surface area contributed by atoms with E-state index in [4.69, 9.17) is 13.9 Å². The van der Waals surface area contributed by atoms with Crippen molar-refractivity contribution in [2.24, 2.45) is 0 Å². The van der Waals surface area contributed by atoms with Gasteiger partial charge in [0, 0.05) is 25.3 Å². The molecule has 1 aromatic carbocycles. The minimum absolute atomic E-state index is 0.374. The van der Waals surface area contributed by atoms with Crippen molar-refractivity contribution >= 4 is 0 Å². The van der Waals surface area contributed by atoms with Gasteiger partial charge in [0.1, 0.15) is 5.76 Å². The molecule has 0 radical (unpaired) electrons. The van der Waals surface area contributed by atoms with Crippen LogP contribution < -0.4 is 0 Å². The Labute approximate surface area is 94.6 Å². The van der Waals surface area contributed by atoms with Gasteiger partial charge in [-0.25, -0.2) is 0 Å². The number of furan rings is 1. The van der Waals surface area contributed by atoms with Crippen LogP contribution in [0.4, 0.5) is 0 Å². The topological polar surface area (TPSA) is 31.6 Å². The lowest BCUT2D eigenvalue weighted by atomic mass is 10.1. The van der Waals surface area contributed by atoms with Gasteiger partial charge >= 0.3 is 0 Å². The standard InChI is InChI=1S/C13H14O3/c1-14-13(15-2)11-7-4-3-6-10(11)12-8-5-9-16-12/h3-9,13H,1-2H3. The summed E-state index contributed by atoms with van der Waals surface area (Å²) >= 11 is 0. The van der Waals surface area contributed by atoms with Gasteiger partial charge in [-0.1, -0.05) is 24.3 Å². The maximum absolute atomic E-state index is 5.39. The first-order chi connectivity index (χ1) is 7.86. The Bertz CT molecular complexity index is 430. The van der Waals surface area contributed by atoms with Gasteiger partial charge in [0.05, 0.1) is 6.26 Å². The van der Waals surface area contributed by atoms with Crippen molar-refractivity contribution in [3.63, 3.8) is 0 Å². The number of benzene rings is 1. The lowest BCUT2D eigenvalue weighted by molar-refractivity contribution is -0.105. The average molecular weight is 218 g/mol. The van der Waals surface area contributed by atoms with Crippen LogP contribution in [-0.2, 0) is 9.47 Å². The van der Waals surface area contributed by atoms with E-state index in [0.29, 0.717) is 0 Å². The summed E-state index contributed by atoms with van der Waals surface area (Å²) in [5.41, 5.74) is 1.95. The molecule has 3 nitrogen and oxygen atoms in total. The second kappa shape index (κ2) is 4.96. The largest absolute Gasteiger partial charge is 0.464 e. The zero-order valence-corrected chi connectivity index (χ0v) is 9.34. The second-order valence-corrected chi connectivity index (χ2v) is 3.37. The molecule has 84 valence electrons. The summed E-state index contributed by atoms with van der Waals surface area (Å²) in [6, 6.07) is 11.6. The molecule has 0 saturated carbocycles. The van der Waals surface area contributed by atoms with Crippen molar-refractivity contribution in [1.82, 2.24) is 0 Å². The van der Waals surface area contributed by atoms with Gasteiger partial charge in [0.15, 0.2) is 6.29 Å². The zero-order valence-electron chi connectivity index (χ0n) is 9.34. The Kier molecular flexibility index (Phi) is 3.39. The lowest BCUT2D eigenvalue weighted by Gasteiger charge is -2.16. The Balaban J connectivity index is 2.45. The van der Waals surface area contributed by atoms with E-state index in [1.54, 1.807) is 20.5 Å². The van der Waals surface area contributed by atoms with Crippen molar-refractivity contribution in [1.29, 1.82) is 0 Å². The molecule has 0 aliphatic heterocycles. The molecule has 0 saturated heterocycles. The summed E-state index contributed by atoms with van der Waals surface area (Å²) in [5.74, 6) is 0.815. The van der Waals surface area contributed by atoms with E-state index in [-0.39, 0.29) is 6.29 Å². The summed E-state index contributed by atoms with van der Waals surface area (Å²) in [5, 5.41) is 0. The van der Waals surface area contributed by atoms with Crippen molar-refractivity contribution in [3.8, 4) is 11.3 Å². The molecule has 0 atom stereocenters.